The number of benzene rings is 6. The Balaban J connectivity index is 0.00000361. The van der Waals surface area contributed by atoms with Crippen LogP contribution in [0.4, 0.5) is 0 Å². The monoisotopic (exact) mass is 804 g/mol. The molecule has 0 bridgehead atoms. The third-order valence-corrected chi connectivity index (χ3v) is 12.7. The number of hydrogen-bond donors (Lipinski definition) is 0. The first-order chi connectivity index (χ1) is 26.3. The fourth-order valence-corrected chi connectivity index (χ4v) is 10.4. The molecule has 1 saturated carbocycles. The zero-order valence-electron chi connectivity index (χ0n) is 30.3. The minimum atomic E-state index is -0.139. The van der Waals surface area contributed by atoms with E-state index >= 15 is 0 Å². The van der Waals surface area contributed by atoms with E-state index in [0.29, 0.717) is 0 Å². The molecule has 5 aliphatic carbocycles. The van der Waals surface area contributed by atoms with Gasteiger partial charge < -0.3 is 0 Å². The van der Waals surface area contributed by atoms with E-state index in [9.17, 15) is 0 Å². The maximum absolute atomic E-state index is 2.66. The van der Waals surface area contributed by atoms with Gasteiger partial charge in [-0.2, -0.15) is 0 Å². The molecule has 54 heavy (non-hydrogen) atoms. The molecule has 0 aliphatic heterocycles. The van der Waals surface area contributed by atoms with Gasteiger partial charge in [0.25, 0.3) is 0 Å². The summed E-state index contributed by atoms with van der Waals surface area (Å²) in [5.41, 5.74) is 13.6. The van der Waals surface area contributed by atoms with Crippen LogP contribution in [-0.4, -0.2) is 0 Å². The highest BCUT2D eigenvalue weighted by molar-refractivity contribution is 14.0. The van der Waals surface area contributed by atoms with Crippen molar-refractivity contribution in [3.63, 3.8) is 0 Å². The number of halogens is 1. The van der Waals surface area contributed by atoms with Crippen molar-refractivity contribution in [1.82, 2.24) is 0 Å². The van der Waals surface area contributed by atoms with Crippen molar-refractivity contribution in [2.45, 2.75) is 32.1 Å². The largest absolute Gasteiger partial charge is 0.107 e. The van der Waals surface area contributed by atoms with E-state index in [-0.39, 0.29) is 34.8 Å². The Morgan fingerprint density at radius 2 is 0.981 bits per heavy atom. The fraction of sp³-hybridized carbons (Fsp3) is 0.132. The molecule has 0 amide bonds. The molecule has 1 heteroatoms. The van der Waals surface area contributed by atoms with Crippen molar-refractivity contribution in [3.8, 4) is 0 Å². The van der Waals surface area contributed by atoms with E-state index < -0.39 is 0 Å². The van der Waals surface area contributed by atoms with Crippen molar-refractivity contribution in [2.24, 2.45) is 10.8 Å². The lowest BCUT2D eigenvalue weighted by atomic mass is 9.68. The van der Waals surface area contributed by atoms with Gasteiger partial charge in [0.1, 0.15) is 0 Å². The maximum Gasteiger partial charge on any atom is 0.0297 e. The molecule has 0 N–H and O–H groups in total. The Bertz CT molecular complexity index is 2840. The molecule has 6 aromatic carbocycles. The minimum absolute atomic E-state index is 0. The normalized spacial score (nSPS) is 22.1. The first kappa shape index (κ1) is 33.3. The second-order valence-corrected chi connectivity index (χ2v) is 15.5. The molecule has 5 aliphatic rings. The highest BCUT2D eigenvalue weighted by Gasteiger charge is 2.70. The van der Waals surface area contributed by atoms with Gasteiger partial charge in [0.05, 0.1) is 0 Å². The van der Waals surface area contributed by atoms with Crippen LogP contribution >= 0.6 is 24.0 Å². The van der Waals surface area contributed by atoms with Crippen molar-refractivity contribution in [2.75, 3.05) is 0 Å². The van der Waals surface area contributed by atoms with Crippen molar-refractivity contribution >= 4 is 73.4 Å². The van der Waals surface area contributed by atoms with E-state index in [1.807, 2.05) is 0 Å². The SMILES string of the molecule is C1=CCCC(c2c3ccccc3c(C3=CC=CCC3)c3cc(C4=CC56CC5(C=C4)C(c4ccccc4)=c4ccccc4=C6c4ccccc4)ccc23)=C1.I. The van der Waals surface area contributed by atoms with E-state index in [4.69, 9.17) is 0 Å². The molecule has 2 atom stereocenters. The molecule has 0 nitrogen and oxygen atoms in total. The Kier molecular flexibility index (Phi) is 8.00. The Morgan fingerprint density at radius 3 is 1.56 bits per heavy atom. The van der Waals surface area contributed by atoms with Crippen LogP contribution in [-0.2, 0) is 0 Å². The van der Waals surface area contributed by atoms with Gasteiger partial charge in [0.2, 0.25) is 0 Å². The zero-order valence-corrected chi connectivity index (χ0v) is 32.6. The standard InChI is InChI=1S/C53H40.HI/c1-5-17-36(18-6-1)48-42-25-13-14-26-43(42)49(37-19-7-2-8-20-37)47-33-40(29-30-44(47)48)41-31-32-52-35-53(52,34-41)51(39-23-11-4-12-24-39)46-28-16-15-27-45(46)50(52)38-21-9-3-10-22-38;/h1-5,7,9-17,19,21-34H,6,8,18,20,35H2;1H. The molecular weight excluding hydrogens is 763 g/mol. The Morgan fingerprint density at radius 1 is 0.463 bits per heavy atom. The molecule has 0 radical (unpaired) electrons. The minimum Gasteiger partial charge on any atom is -0.107 e. The third-order valence-electron chi connectivity index (χ3n) is 12.7. The van der Waals surface area contributed by atoms with Gasteiger partial charge in [-0.15, -0.1) is 24.0 Å². The lowest BCUT2D eigenvalue weighted by molar-refractivity contribution is 0.689. The maximum atomic E-state index is 2.66. The summed E-state index contributed by atoms with van der Waals surface area (Å²) in [5.74, 6) is 0. The number of hydrogen-bond acceptors (Lipinski definition) is 0. The van der Waals surface area contributed by atoms with Crippen LogP contribution in [0.3, 0.4) is 0 Å². The van der Waals surface area contributed by atoms with E-state index in [2.05, 4.69) is 182 Å². The average molecular weight is 805 g/mol. The van der Waals surface area contributed by atoms with Crippen LogP contribution in [0.1, 0.15) is 59.9 Å². The predicted molar refractivity (Wildman–Crippen MR) is 240 cm³/mol. The van der Waals surface area contributed by atoms with Gasteiger partial charge in [0, 0.05) is 10.8 Å². The summed E-state index contributed by atoms with van der Waals surface area (Å²) in [4.78, 5) is 0. The molecule has 0 saturated heterocycles. The van der Waals surface area contributed by atoms with Crippen molar-refractivity contribution in [3.05, 3.63) is 220 Å². The molecule has 0 spiro atoms. The lowest BCUT2D eigenvalue weighted by Crippen LogP contribution is -2.40. The predicted octanol–water partition coefficient (Wildman–Crippen LogP) is 12.5. The Labute approximate surface area is 334 Å². The first-order valence-electron chi connectivity index (χ1n) is 19.3. The van der Waals surface area contributed by atoms with Gasteiger partial charge >= 0.3 is 0 Å². The van der Waals surface area contributed by atoms with Crippen LogP contribution < -0.4 is 10.4 Å². The summed E-state index contributed by atoms with van der Waals surface area (Å²) in [7, 11) is 0. The van der Waals surface area contributed by atoms with E-state index in [0.717, 1.165) is 32.1 Å². The second-order valence-electron chi connectivity index (χ2n) is 15.5. The van der Waals surface area contributed by atoms with Crippen molar-refractivity contribution in [1.29, 1.82) is 0 Å². The Hall–Kier alpha value is -5.25. The van der Waals surface area contributed by atoms with Crippen LogP contribution in [0.15, 0.2) is 182 Å². The summed E-state index contributed by atoms with van der Waals surface area (Å²) >= 11 is 0. The van der Waals surface area contributed by atoms with Crippen molar-refractivity contribution < 1.29 is 0 Å². The molecule has 11 rings (SSSR count). The summed E-state index contributed by atoms with van der Waals surface area (Å²) < 4.78 is 0. The summed E-state index contributed by atoms with van der Waals surface area (Å²) in [5, 5.41) is 8.18. The topological polar surface area (TPSA) is 0 Å². The quantitative estimate of drug-likeness (QED) is 0.120. The summed E-state index contributed by atoms with van der Waals surface area (Å²) in [6.45, 7) is 0. The molecule has 6 aromatic rings. The van der Waals surface area contributed by atoms with Gasteiger partial charge in [-0.05, 0) is 126 Å². The van der Waals surface area contributed by atoms with Gasteiger partial charge in [-0.25, -0.2) is 0 Å². The van der Waals surface area contributed by atoms with E-state index in [1.165, 1.54) is 87.7 Å². The molecule has 0 aromatic heterocycles. The molecule has 2 unspecified atom stereocenters. The third kappa shape index (κ3) is 4.87. The second kappa shape index (κ2) is 13.0. The molecule has 260 valence electrons. The van der Waals surface area contributed by atoms with Gasteiger partial charge in [0.15, 0.2) is 0 Å². The van der Waals surface area contributed by atoms with Crippen LogP contribution in [0.25, 0.3) is 49.4 Å². The lowest BCUT2D eigenvalue weighted by Gasteiger charge is -2.34. The van der Waals surface area contributed by atoms with Crippen LogP contribution in [0.5, 0.6) is 0 Å². The smallest absolute Gasteiger partial charge is 0.0297 e. The first-order valence-corrected chi connectivity index (χ1v) is 19.3. The number of rotatable bonds is 5. The molecule has 0 heterocycles. The highest BCUT2D eigenvalue weighted by Crippen LogP contribution is 2.78. The molecular formula is C53H41I. The van der Waals surface area contributed by atoms with Gasteiger partial charge in [-0.1, -0.05) is 176 Å². The fourth-order valence-electron chi connectivity index (χ4n) is 10.4. The number of fused-ring (bicyclic) bond motifs is 3. The molecule has 1 fully saturated rings. The highest BCUT2D eigenvalue weighted by atomic mass is 127. The average Bonchev–Trinajstić information content (AvgIpc) is 3.92. The van der Waals surface area contributed by atoms with Crippen LogP contribution in [0, 0.1) is 10.8 Å². The van der Waals surface area contributed by atoms with Crippen LogP contribution in [0.2, 0.25) is 0 Å². The summed E-state index contributed by atoms with van der Waals surface area (Å²) in [6, 6.07) is 48.0. The van der Waals surface area contributed by atoms with E-state index in [1.54, 1.807) is 0 Å². The zero-order chi connectivity index (χ0) is 35.0. The number of allylic oxidation sites excluding steroid dienone is 12. The van der Waals surface area contributed by atoms with Gasteiger partial charge in [-0.3, -0.25) is 0 Å². The summed E-state index contributed by atoms with van der Waals surface area (Å²) in [6.07, 6.45) is 26.9.